The molecule has 0 aliphatic carbocycles. The number of ether oxygens (including phenoxy) is 3. The Hall–Kier alpha value is -3.40. The number of hydrazone groups is 1. The van der Waals surface area contributed by atoms with E-state index in [0.717, 1.165) is 0 Å². The second-order valence-electron chi connectivity index (χ2n) is 6.03. The zero-order valence-corrected chi connectivity index (χ0v) is 18.6. The number of nitrogens with one attached hydrogen (secondary N) is 2. The first-order chi connectivity index (χ1) is 14.9. The maximum Gasteiger partial charge on any atom is 0.344 e. The monoisotopic (exact) mass is 491 g/mol. The molecular weight excluding hydrogens is 470 g/mol. The fourth-order valence-electron chi connectivity index (χ4n) is 2.30. The van der Waals surface area contributed by atoms with Crippen molar-refractivity contribution in [2.24, 2.45) is 5.10 Å². The standard InChI is InChI=1S/C21H22BrN3O6/c1-3-30-21(28)13-31-18-9-4-14(10-17(18)22)12-23-25-20(27)11-19(26)24-15-5-7-16(29-2)8-6-15/h4-10,12H,3,11,13H2,1-2H3,(H,24,26)(H,25,27). The highest BCUT2D eigenvalue weighted by molar-refractivity contribution is 9.10. The lowest BCUT2D eigenvalue weighted by atomic mass is 10.2. The minimum atomic E-state index is -0.560. The molecule has 0 heterocycles. The van der Waals surface area contributed by atoms with Crippen LogP contribution in [0.4, 0.5) is 5.69 Å². The topological polar surface area (TPSA) is 115 Å². The quantitative estimate of drug-likeness (QED) is 0.228. The van der Waals surface area contributed by atoms with Gasteiger partial charge in [0.15, 0.2) is 6.61 Å². The van der Waals surface area contributed by atoms with E-state index in [1.807, 2.05) is 0 Å². The highest BCUT2D eigenvalue weighted by atomic mass is 79.9. The molecule has 2 amide bonds. The second-order valence-corrected chi connectivity index (χ2v) is 6.88. The lowest BCUT2D eigenvalue weighted by molar-refractivity contribution is -0.145. The van der Waals surface area contributed by atoms with Crippen LogP contribution in [0.25, 0.3) is 0 Å². The maximum absolute atomic E-state index is 11.9. The number of carbonyl (C=O) groups is 3. The molecule has 0 aliphatic heterocycles. The van der Waals surface area contributed by atoms with Crippen LogP contribution in [0.15, 0.2) is 52.0 Å². The number of esters is 1. The Morgan fingerprint density at radius 1 is 1.10 bits per heavy atom. The van der Waals surface area contributed by atoms with Gasteiger partial charge in [0.2, 0.25) is 11.8 Å². The average molecular weight is 492 g/mol. The van der Waals surface area contributed by atoms with Crippen molar-refractivity contribution in [1.29, 1.82) is 0 Å². The number of amides is 2. The summed E-state index contributed by atoms with van der Waals surface area (Å²) in [7, 11) is 1.55. The summed E-state index contributed by atoms with van der Waals surface area (Å²) in [4.78, 5) is 35.2. The number of nitrogens with zero attached hydrogens (tertiary/aromatic N) is 1. The van der Waals surface area contributed by atoms with E-state index in [1.54, 1.807) is 56.5 Å². The number of methoxy groups -OCH3 is 1. The molecule has 0 spiro atoms. The summed E-state index contributed by atoms with van der Waals surface area (Å²) in [5.74, 6) is -0.363. The van der Waals surface area contributed by atoms with Crippen LogP contribution < -0.4 is 20.2 Å². The van der Waals surface area contributed by atoms with Gasteiger partial charge < -0.3 is 19.5 Å². The Labute approximate surface area is 187 Å². The van der Waals surface area contributed by atoms with E-state index in [9.17, 15) is 14.4 Å². The first kappa shape index (κ1) is 23.9. The molecular formula is C21H22BrN3O6. The van der Waals surface area contributed by atoms with Crippen LogP contribution in [-0.4, -0.2) is 44.3 Å². The van der Waals surface area contributed by atoms with Crippen LogP contribution in [-0.2, 0) is 19.1 Å². The van der Waals surface area contributed by atoms with Gasteiger partial charge in [0, 0.05) is 5.69 Å². The first-order valence-electron chi connectivity index (χ1n) is 9.25. The molecule has 2 aromatic carbocycles. The summed E-state index contributed by atoms with van der Waals surface area (Å²) in [5, 5.41) is 6.45. The highest BCUT2D eigenvalue weighted by Gasteiger charge is 2.09. The van der Waals surface area contributed by atoms with Crippen LogP contribution in [0.1, 0.15) is 18.9 Å². The molecule has 2 aromatic rings. The SMILES string of the molecule is CCOC(=O)COc1ccc(C=NNC(=O)CC(=O)Nc2ccc(OC)cc2)cc1Br. The fraction of sp³-hybridized carbons (Fsp3) is 0.238. The number of benzene rings is 2. The van der Waals surface area contributed by atoms with E-state index in [-0.39, 0.29) is 19.6 Å². The van der Waals surface area contributed by atoms with Gasteiger partial charge in [-0.15, -0.1) is 0 Å². The largest absolute Gasteiger partial charge is 0.497 e. The molecule has 0 fully saturated rings. The van der Waals surface area contributed by atoms with Gasteiger partial charge in [-0.3, -0.25) is 9.59 Å². The van der Waals surface area contributed by atoms with Crippen LogP contribution >= 0.6 is 15.9 Å². The van der Waals surface area contributed by atoms with Crippen molar-refractivity contribution in [3.05, 3.63) is 52.5 Å². The highest BCUT2D eigenvalue weighted by Crippen LogP contribution is 2.25. The molecule has 2 rings (SSSR count). The molecule has 9 nitrogen and oxygen atoms in total. The van der Waals surface area contributed by atoms with Crippen LogP contribution in [0.2, 0.25) is 0 Å². The second kappa shape index (κ2) is 12.3. The van der Waals surface area contributed by atoms with Crippen molar-refractivity contribution >= 4 is 45.6 Å². The first-order valence-corrected chi connectivity index (χ1v) is 10.0. The number of hydrogen-bond donors (Lipinski definition) is 2. The van der Waals surface area contributed by atoms with Crippen molar-refractivity contribution in [1.82, 2.24) is 5.43 Å². The van der Waals surface area contributed by atoms with Gasteiger partial charge in [-0.2, -0.15) is 5.10 Å². The summed E-state index contributed by atoms with van der Waals surface area (Å²) >= 11 is 3.34. The predicted octanol–water partition coefficient (Wildman–Crippen LogP) is 2.88. The zero-order chi connectivity index (χ0) is 22.6. The normalized spacial score (nSPS) is 10.4. The Balaban J connectivity index is 1.80. The zero-order valence-electron chi connectivity index (χ0n) is 17.0. The van der Waals surface area contributed by atoms with E-state index in [0.29, 0.717) is 27.2 Å². The third kappa shape index (κ3) is 8.47. The number of rotatable bonds is 10. The molecule has 31 heavy (non-hydrogen) atoms. The van der Waals surface area contributed by atoms with E-state index in [4.69, 9.17) is 14.2 Å². The van der Waals surface area contributed by atoms with Crippen molar-refractivity contribution in [2.45, 2.75) is 13.3 Å². The molecule has 0 aliphatic rings. The molecule has 0 bridgehead atoms. The minimum Gasteiger partial charge on any atom is -0.497 e. The Kier molecular flexibility index (Phi) is 9.50. The number of anilines is 1. The molecule has 164 valence electrons. The van der Waals surface area contributed by atoms with Crippen LogP contribution in [0.3, 0.4) is 0 Å². The Morgan fingerprint density at radius 2 is 1.84 bits per heavy atom. The van der Waals surface area contributed by atoms with Crippen LogP contribution in [0, 0.1) is 0 Å². The van der Waals surface area contributed by atoms with E-state index in [1.165, 1.54) is 6.21 Å². The maximum atomic E-state index is 11.9. The summed E-state index contributed by atoms with van der Waals surface area (Å²) < 4.78 is 15.8. The summed E-state index contributed by atoms with van der Waals surface area (Å²) in [6.45, 7) is 1.80. The molecule has 10 heteroatoms. The van der Waals surface area contributed by atoms with Crippen molar-refractivity contribution in [3.8, 4) is 11.5 Å². The van der Waals surface area contributed by atoms with Crippen molar-refractivity contribution in [3.63, 3.8) is 0 Å². The molecule has 0 unspecified atom stereocenters. The third-order valence-electron chi connectivity index (χ3n) is 3.70. The minimum absolute atomic E-state index is 0.200. The summed E-state index contributed by atoms with van der Waals surface area (Å²) in [6, 6.07) is 11.8. The van der Waals surface area contributed by atoms with Gasteiger partial charge in [0.05, 0.1) is 24.4 Å². The smallest absolute Gasteiger partial charge is 0.344 e. The summed E-state index contributed by atoms with van der Waals surface area (Å²) in [5.41, 5.74) is 3.51. The number of halogens is 1. The number of carbonyl (C=O) groups excluding carboxylic acids is 3. The molecule has 0 aromatic heterocycles. The third-order valence-corrected chi connectivity index (χ3v) is 4.32. The van der Waals surface area contributed by atoms with E-state index >= 15 is 0 Å². The van der Waals surface area contributed by atoms with Gasteiger partial charge in [-0.05, 0) is 70.9 Å². The van der Waals surface area contributed by atoms with Gasteiger partial charge in [-0.25, -0.2) is 10.2 Å². The van der Waals surface area contributed by atoms with Gasteiger partial charge in [0.25, 0.3) is 0 Å². The van der Waals surface area contributed by atoms with Crippen molar-refractivity contribution < 1.29 is 28.6 Å². The van der Waals surface area contributed by atoms with E-state index < -0.39 is 17.8 Å². The van der Waals surface area contributed by atoms with Crippen molar-refractivity contribution in [2.75, 3.05) is 25.6 Å². The van der Waals surface area contributed by atoms with Gasteiger partial charge >= 0.3 is 5.97 Å². The summed E-state index contributed by atoms with van der Waals surface area (Å²) in [6.07, 6.45) is 1.03. The Bertz CT molecular complexity index is 947. The van der Waals surface area contributed by atoms with Crippen LogP contribution in [0.5, 0.6) is 11.5 Å². The molecule has 2 N–H and O–H groups in total. The predicted molar refractivity (Wildman–Crippen MR) is 118 cm³/mol. The fourth-order valence-corrected chi connectivity index (χ4v) is 2.81. The molecule has 0 radical (unpaired) electrons. The lowest BCUT2D eigenvalue weighted by Crippen LogP contribution is -2.24. The Morgan fingerprint density at radius 3 is 2.48 bits per heavy atom. The van der Waals surface area contributed by atoms with Gasteiger partial charge in [0.1, 0.15) is 17.9 Å². The van der Waals surface area contributed by atoms with Gasteiger partial charge in [-0.1, -0.05) is 0 Å². The molecule has 0 saturated heterocycles. The molecule has 0 saturated carbocycles. The molecule has 0 atom stereocenters. The average Bonchev–Trinajstić information content (AvgIpc) is 2.73. The van der Waals surface area contributed by atoms with E-state index in [2.05, 4.69) is 31.8 Å². The number of hydrogen-bond acceptors (Lipinski definition) is 7. The lowest BCUT2D eigenvalue weighted by Gasteiger charge is -2.08.